The van der Waals surface area contributed by atoms with Gasteiger partial charge < -0.3 is 4.74 Å². The van der Waals surface area contributed by atoms with E-state index in [-0.39, 0.29) is 0 Å². The summed E-state index contributed by atoms with van der Waals surface area (Å²) in [6, 6.07) is 8.92. The average Bonchev–Trinajstić information content (AvgIpc) is 2.67. The van der Waals surface area contributed by atoms with Gasteiger partial charge in [-0.05, 0) is 31.5 Å². The van der Waals surface area contributed by atoms with Crippen LogP contribution in [-0.2, 0) is 4.74 Å². The van der Waals surface area contributed by atoms with Gasteiger partial charge in [0, 0.05) is 11.1 Å². The minimum absolute atomic E-state index is 0.377. The van der Waals surface area contributed by atoms with Gasteiger partial charge in [0.1, 0.15) is 0 Å². The minimum atomic E-state index is 0.377. The second kappa shape index (κ2) is 4.52. The van der Waals surface area contributed by atoms with Gasteiger partial charge in [-0.3, -0.25) is 4.90 Å². The maximum atomic E-state index is 5.87. The molecule has 0 saturated carbocycles. The van der Waals surface area contributed by atoms with Gasteiger partial charge in [0.05, 0.1) is 19.4 Å². The Hall–Kier alpha value is -0.570. The number of hydrogen-bond donors (Lipinski definition) is 0. The molecule has 0 spiro atoms. The summed E-state index contributed by atoms with van der Waals surface area (Å²) in [6.07, 6.45) is 0. The number of hydrogen-bond acceptors (Lipinski definition) is 2. The van der Waals surface area contributed by atoms with Crippen LogP contribution < -0.4 is 0 Å². The Balaban J connectivity index is 2.19. The second-order valence-corrected chi connectivity index (χ2v) is 4.61. The molecule has 1 aliphatic heterocycles. The third kappa shape index (κ3) is 2.33. The van der Waals surface area contributed by atoms with E-state index in [4.69, 9.17) is 16.3 Å². The summed E-state index contributed by atoms with van der Waals surface area (Å²) in [5, 5.41) is 0.786. The van der Waals surface area contributed by atoms with Crippen LogP contribution in [0.25, 0.3) is 0 Å². The first-order valence-electron chi connectivity index (χ1n) is 5.27. The van der Waals surface area contributed by atoms with Gasteiger partial charge in [-0.1, -0.05) is 23.7 Å². The van der Waals surface area contributed by atoms with Gasteiger partial charge in [-0.15, -0.1) is 0 Å². The van der Waals surface area contributed by atoms with Crippen LogP contribution in [0.5, 0.6) is 0 Å². The van der Waals surface area contributed by atoms with Crippen LogP contribution in [0.1, 0.15) is 25.5 Å². The zero-order valence-electron chi connectivity index (χ0n) is 9.11. The standard InChI is InChI=1S/C12H16ClNO/c1-9(2)14-8-15-7-12(14)10-3-5-11(13)6-4-10/h3-6,9,12H,7-8H2,1-2H3/t12-/m0/s1. The number of nitrogens with zero attached hydrogens (tertiary/aromatic N) is 1. The van der Waals surface area contributed by atoms with Gasteiger partial charge >= 0.3 is 0 Å². The van der Waals surface area contributed by atoms with E-state index in [0.29, 0.717) is 12.1 Å². The minimum Gasteiger partial charge on any atom is -0.364 e. The molecule has 2 rings (SSSR count). The molecule has 0 aromatic heterocycles. The molecule has 1 fully saturated rings. The molecule has 0 amide bonds. The van der Waals surface area contributed by atoms with E-state index in [0.717, 1.165) is 18.4 Å². The van der Waals surface area contributed by atoms with Crippen molar-refractivity contribution < 1.29 is 4.74 Å². The fraction of sp³-hybridized carbons (Fsp3) is 0.500. The lowest BCUT2D eigenvalue weighted by Crippen LogP contribution is -2.30. The van der Waals surface area contributed by atoms with Crippen LogP contribution in [0.15, 0.2) is 24.3 Å². The molecule has 3 heteroatoms. The zero-order valence-corrected chi connectivity index (χ0v) is 9.87. The predicted octanol–water partition coefficient (Wildman–Crippen LogP) is 3.08. The van der Waals surface area contributed by atoms with Crippen LogP contribution in [0, 0.1) is 0 Å². The molecule has 1 atom stereocenters. The highest BCUT2D eigenvalue weighted by atomic mass is 35.5. The lowest BCUT2D eigenvalue weighted by atomic mass is 10.1. The van der Waals surface area contributed by atoms with Crippen molar-refractivity contribution in [3.8, 4) is 0 Å². The first-order chi connectivity index (χ1) is 7.18. The molecule has 0 unspecified atom stereocenters. The summed E-state index contributed by atoms with van der Waals surface area (Å²) in [4.78, 5) is 2.35. The average molecular weight is 226 g/mol. The third-order valence-electron chi connectivity index (χ3n) is 2.83. The summed E-state index contributed by atoms with van der Waals surface area (Å²) in [5.41, 5.74) is 1.28. The van der Waals surface area contributed by atoms with Crippen LogP contribution in [-0.4, -0.2) is 24.3 Å². The number of rotatable bonds is 2. The van der Waals surface area contributed by atoms with E-state index in [9.17, 15) is 0 Å². The monoisotopic (exact) mass is 225 g/mol. The molecule has 15 heavy (non-hydrogen) atoms. The Labute approximate surface area is 95.8 Å². The van der Waals surface area contributed by atoms with Crippen molar-refractivity contribution in [3.63, 3.8) is 0 Å². The first kappa shape index (κ1) is 10.9. The van der Waals surface area contributed by atoms with E-state index >= 15 is 0 Å². The predicted molar refractivity (Wildman–Crippen MR) is 62.0 cm³/mol. The Morgan fingerprint density at radius 2 is 2.00 bits per heavy atom. The largest absolute Gasteiger partial charge is 0.364 e. The van der Waals surface area contributed by atoms with Crippen molar-refractivity contribution in [2.45, 2.75) is 25.9 Å². The number of halogens is 1. The van der Waals surface area contributed by atoms with Crippen LogP contribution in [0.3, 0.4) is 0 Å². The SMILES string of the molecule is CC(C)N1COC[C@H]1c1ccc(Cl)cc1. The Morgan fingerprint density at radius 3 is 2.60 bits per heavy atom. The Kier molecular flexibility index (Phi) is 3.29. The van der Waals surface area contributed by atoms with Crippen molar-refractivity contribution in [2.75, 3.05) is 13.3 Å². The van der Waals surface area contributed by atoms with Gasteiger partial charge in [-0.2, -0.15) is 0 Å². The molecular formula is C12H16ClNO. The molecule has 1 aromatic rings. The van der Waals surface area contributed by atoms with E-state index in [1.807, 2.05) is 12.1 Å². The topological polar surface area (TPSA) is 12.5 Å². The van der Waals surface area contributed by atoms with Crippen LogP contribution in [0.2, 0.25) is 5.02 Å². The molecule has 1 aromatic carbocycles. The molecule has 1 saturated heterocycles. The summed E-state index contributed by atoms with van der Waals surface area (Å²) in [7, 11) is 0. The summed E-state index contributed by atoms with van der Waals surface area (Å²) >= 11 is 5.87. The van der Waals surface area contributed by atoms with Crippen molar-refractivity contribution in [1.82, 2.24) is 4.90 Å². The van der Waals surface area contributed by atoms with Gasteiger partial charge in [0.15, 0.2) is 0 Å². The smallest absolute Gasteiger partial charge is 0.0999 e. The fourth-order valence-electron chi connectivity index (χ4n) is 1.94. The summed E-state index contributed by atoms with van der Waals surface area (Å²) in [5.74, 6) is 0. The molecule has 0 radical (unpaired) electrons. The quantitative estimate of drug-likeness (QED) is 0.767. The van der Waals surface area contributed by atoms with Gasteiger partial charge in [-0.25, -0.2) is 0 Å². The zero-order chi connectivity index (χ0) is 10.8. The Morgan fingerprint density at radius 1 is 1.33 bits per heavy atom. The molecule has 1 heterocycles. The molecule has 82 valence electrons. The van der Waals surface area contributed by atoms with Crippen LogP contribution in [0.4, 0.5) is 0 Å². The van der Waals surface area contributed by atoms with E-state index in [1.54, 1.807) is 0 Å². The second-order valence-electron chi connectivity index (χ2n) is 4.18. The summed E-state index contributed by atoms with van der Waals surface area (Å²) < 4.78 is 5.51. The van der Waals surface area contributed by atoms with Crippen LogP contribution >= 0.6 is 11.6 Å². The normalized spacial score (nSPS) is 22.5. The maximum absolute atomic E-state index is 5.87. The molecule has 2 nitrogen and oxygen atoms in total. The lowest BCUT2D eigenvalue weighted by molar-refractivity contribution is 0.118. The van der Waals surface area contributed by atoms with Crippen molar-refractivity contribution in [1.29, 1.82) is 0 Å². The first-order valence-corrected chi connectivity index (χ1v) is 5.65. The maximum Gasteiger partial charge on any atom is 0.0999 e. The highest BCUT2D eigenvalue weighted by Gasteiger charge is 2.28. The molecule has 0 aliphatic carbocycles. The highest BCUT2D eigenvalue weighted by molar-refractivity contribution is 6.30. The van der Waals surface area contributed by atoms with Crippen molar-refractivity contribution in [3.05, 3.63) is 34.9 Å². The fourth-order valence-corrected chi connectivity index (χ4v) is 2.06. The van der Waals surface area contributed by atoms with Gasteiger partial charge in [0.25, 0.3) is 0 Å². The van der Waals surface area contributed by atoms with E-state index < -0.39 is 0 Å². The number of ether oxygens (including phenoxy) is 1. The molecule has 1 aliphatic rings. The number of benzene rings is 1. The highest BCUT2D eigenvalue weighted by Crippen LogP contribution is 2.28. The third-order valence-corrected chi connectivity index (χ3v) is 3.09. The van der Waals surface area contributed by atoms with Crippen molar-refractivity contribution >= 4 is 11.6 Å². The lowest BCUT2D eigenvalue weighted by Gasteiger charge is -2.26. The van der Waals surface area contributed by atoms with Gasteiger partial charge in [0.2, 0.25) is 0 Å². The molecular weight excluding hydrogens is 210 g/mol. The Bertz CT molecular complexity index is 323. The molecule has 0 N–H and O–H groups in total. The van der Waals surface area contributed by atoms with E-state index in [2.05, 4.69) is 30.9 Å². The van der Waals surface area contributed by atoms with Crippen molar-refractivity contribution in [2.24, 2.45) is 0 Å². The summed E-state index contributed by atoms with van der Waals surface area (Å²) in [6.45, 7) is 5.89. The van der Waals surface area contributed by atoms with E-state index in [1.165, 1.54) is 5.56 Å². The molecule has 0 bridgehead atoms.